The molecule has 3 heterocycles. The Morgan fingerprint density at radius 3 is 2.83 bits per heavy atom. The molecule has 2 atom stereocenters. The lowest BCUT2D eigenvalue weighted by molar-refractivity contribution is -0.121. The van der Waals surface area contributed by atoms with E-state index in [0.717, 1.165) is 16.8 Å². The molecule has 0 aliphatic carbocycles. The van der Waals surface area contributed by atoms with Gasteiger partial charge in [-0.15, -0.1) is 0 Å². The van der Waals surface area contributed by atoms with Gasteiger partial charge in [0.1, 0.15) is 23.0 Å². The van der Waals surface area contributed by atoms with Gasteiger partial charge in [-0.2, -0.15) is 0 Å². The lowest BCUT2D eigenvalue weighted by Crippen LogP contribution is -2.43. The van der Waals surface area contributed by atoms with Crippen LogP contribution in [0.2, 0.25) is 0 Å². The molecule has 0 radical (unpaired) electrons. The molecule has 1 fully saturated rings. The second-order valence-electron chi connectivity index (χ2n) is 8.02. The van der Waals surface area contributed by atoms with E-state index < -0.39 is 11.5 Å². The third-order valence-electron chi connectivity index (χ3n) is 6.40. The lowest BCUT2D eigenvalue weighted by atomic mass is 9.74. The molecule has 152 valence electrons. The predicted octanol–water partition coefficient (Wildman–Crippen LogP) is 2.91. The minimum absolute atomic E-state index is 0.0374. The van der Waals surface area contributed by atoms with Crippen LogP contribution >= 0.6 is 0 Å². The molecular formula is C23H22N4O3. The summed E-state index contributed by atoms with van der Waals surface area (Å²) in [4.78, 5) is 33.3. The number of fused-ring (bicyclic) bond motifs is 2. The number of para-hydroxylation sites is 1. The van der Waals surface area contributed by atoms with Crippen molar-refractivity contribution in [1.82, 2.24) is 14.5 Å². The van der Waals surface area contributed by atoms with Crippen molar-refractivity contribution < 1.29 is 14.7 Å². The number of carbonyl (C=O) groups is 2. The summed E-state index contributed by atoms with van der Waals surface area (Å²) in [5.41, 5.74) is 1.97. The van der Waals surface area contributed by atoms with Crippen molar-refractivity contribution in [2.75, 3.05) is 11.9 Å². The molecule has 2 amide bonds. The monoisotopic (exact) mass is 402 g/mol. The highest BCUT2D eigenvalue weighted by Gasteiger charge is 2.60. The number of aromatic nitrogens is 2. The first-order valence-corrected chi connectivity index (χ1v) is 9.92. The number of anilines is 1. The Morgan fingerprint density at radius 2 is 2.07 bits per heavy atom. The van der Waals surface area contributed by atoms with Crippen molar-refractivity contribution in [3.05, 3.63) is 77.4 Å². The van der Waals surface area contributed by atoms with Crippen LogP contribution in [0.5, 0.6) is 5.75 Å². The molecule has 5 rings (SSSR count). The summed E-state index contributed by atoms with van der Waals surface area (Å²) in [6.07, 6.45) is 4.00. The third kappa shape index (κ3) is 2.41. The van der Waals surface area contributed by atoms with Gasteiger partial charge in [0.15, 0.2) is 0 Å². The fourth-order valence-corrected chi connectivity index (χ4v) is 4.90. The summed E-state index contributed by atoms with van der Waals surface area (Å²) in [6.45, 7) is 2.25. The molecule has 2 aliphatic rings. The quantitative estimate of drug-likeness (QED) is 0.690. The molecule has 0 bridgehead atoms. The summed E-state index contributed by atoms with van der Waals surface area (Å²) in [6, 6.07) is 11.9. The molecule has 1 saturated heterocycles. The molecule has 7 heteroatoms. The highest BCUT2D eigenvalue weighted by molar-refractivity contribution is 6.08. The number of imidazole rings is 1. The van der Waals surface area contributed by atoms with Gasteiger partial charge in [-0.3, -0.25) is 9.59 Å². The first kappa shape index (κ1) is 18.4. The molecule has 2 N–H and O–H groups in total. The highest BCUT2D eigenvalue weighted by Crippen LogP contribution is 2.54. The zero-order valence-corrected chi connectivity index (χ0v) is 16.8. The van der Waals surface area contributed by atoms with E-state index in [0.29, 0.717) is 24.4 Å². The van der Waals surface area contributed by atoms with E-state index in [9.17, 15) is 14.7 Å². The van der Waals surface area contributed by atoms with Crippen molar-refractivity contribution in [3.8, 4) is 5.75 Å². The number of aromatic hydroxyl groups is 1. The second kappa shape index (κ2) is 6.45. The average molecular weight is 402 g/mol. The standard InChI is InChI=1S/C23H22N4O3/c1-14-7-8-15(28)13-16(14)21(29)27-11-9-23(19(27)20-24-10-12-26(20)2)17-5-3-4-6-18(17)25-22(23)30/h3-8,10,12-13,19,28H,9,11H2,1-2H3,(H,25,30). The van der Waals surface area contributed by atoms with Gasteiger partial charge in [-0.25, -0.2) is 4.98 Å². The van der Waals surface area contributed by atoms with Gasteiger partial charge in [-0.1, -0.05) is 24.3 Å². The SMILES string of the molecule is Cc1ccc(O)cc1C(=O)N1CCC2(C(=O)Nc3ccccc32)C1c1nccn1C. The third-order valence-corrected chi connectivity index (χ3v) is 6.40. The number of phenols is 1. The smallest absolute Gasteiger partial charge is 0.254 e. The van der Waals surface area contributed by atoms with Crippen LogP contribution in [0.15, 0.2) is 54.9 Å². The van der Waals surface area contributed by atoms with Crippen molar-refractivity contribution in [3.63, 3.8) is 0 Å². The largest absolute Gasteiger partial charge is 0.508 e. The summed E-state index contributed by atoms with van der Waals surface area (Å²) in [5, 5.41) is 13.0. The number of nitrogens with one attached hydrogen (secondary N) is 1. The zero-order chi connectivity index (χ0) is 21.0. The molecule has 0 saturated carbocycles. The van der Waals surface area contributed by atoms with Gasteiger partial charge in [-0.05, 0) is 42.7 Å². The maximum atomic E-state index is 13.6. The Balaban J connectivity index is 1.69. The van der Waals surface area contributed by atoms with E-state index in [2.05, 4.69) is 10.3 Å². The van der Waals surface area contributed by atoms with Gasteiger partial charge < -0.3 is 19.9 Å². The van der Waals surface area contributed by atoms with Crippen LogP contribution in [-0.2, 0) is 17.3 Å². The molecule has 2 aromatic carbocycles. The topological polar surface area (TPSA) is 87.5 Å². The Kier molecular flexibility index (Phi) is 3.96. The first-order valence-electron chi connectivity index (χ1n) is 9.92. The number of rotatable bonds is 2. The maximum Gasteiger partial charge on any atom is 0.254 e. The number of nitrogens with zero attached hydrogens (tertiary/aromatic N) is 3. The number of benzene rings is 2. The van der Waals surface area contributed by atoms with Crippen LogP contribution in [-0.4, -0.2) is 37.9 Å². The summed E-state index contributed by atoms with van der Waals surface area (Å²) in [5.74, 6) is 0.367. The van der Waals surface area contributed by atoms with E-state index in [1.54, 1.807) is 23.2 Å². The molecule has 1 spiro atoms. The van der Waals surface area contributed by atoms with Crippen LogP contribution in [0.3, 0.4) is 0 Å². The van der Waals surface area contributed by atoms with Gasteiger partial charge >= 0.3 is 0 Å². The molecule has 1 aromatic heterocycles. The molecule has 2 aliphatic heterocycles. The van der Waals surface area contributed by atoms with Gasteiger partial charge in [0.25, 0.3) is 5.91 Å². The number of phenolic OH excluding ortho intramolecular Hbond substituents is 1. The van der Waals surface area contributed by atoms with E-state index in [-0.39, 0.29) is 17.6 Å². The minimum Gasteiger partial charge on any atom is -0.508 e. The average Bonchev–Trinajstić information content (AvgIpc) is 3.40. The van der Waals surface area contributed by atoms with Crippen molar-refractivity contribution >= 4 is 17.5 Å². The number of carbonyl (C=O) groups excluding carboxylic acids is 2. The van der Waals surface area contributed by atoms with E-state index >= 15 is 0 Å². The van der Waals surface area contributed by atoms with Crippen LogP contribution in [0, 0.1) is 6.92 Å². The van der Waals surface area contributed by atoms with Crippen molar-refractivity contribution in [1.29, 1.82) is 0 Å². The predicted molar refractivity (Wildman–Crippen MR) is 111 cm³/mol. The Bertz CT molecular complexity index is 1180. The first-order chi connectivity index (χ1) is 14.4. The van der Waals surface area contributed by atoms with Crippen molar-refractivity contribution in [2.45, 2.75) is 24.8 Å². The Labute approximate surface area is 174 Å². The number of hydrogen-bond donors (Lipinski definition) is 2. The Morgan fingerprint density at radius 1 is 1.27 bits per heavy atom. The van der Waals surface area contributed by atoms with E-state index in [1.165, 1.54) is 6.07 Å². The van der Waals surface area contributed by atoms with Gasteiger partial charge in [0, 0.05) is 37.2 Å². The van der Waals surface area contributed by atoms with Gasteiger partial charge in [0.05, 0.1) is 0 Å². The summed E-state index contributed by atoms with van der Waals surface area (Å²) < 4.78 is 1.86. The van der Waals surface area contributed by atoms with Crippen LogP contribution in [0.25, 0.3) is 0 Å². The molecular weight excluding hydrogens is 380 g/mol. The van der Waals surface area contributed by atoms with E-state index in [1.807, 2.05) is 49.0 Å². The van der Waals surface area contributed by atoms with Crippen molar-refractivity contribution in [2.24, 2.45) is 7.05 Å². The molecule has 7 nitrogen and oxygen atoms in total. The number of amides is 2. The van der Waals surface area contributed by atoms with Crippen LogP contribution in [0.1, 0.15) is 39.8 Å². The highest BCUT2D eigenvalue weighted by atomic mass is 16.3. The summed E-state index contributed by atoms with van der Waals surface area (Å²) >= 11 is 0. The molecule has 30 heavy (non-hydrogen) atoms. The molecule has 2 unspecified atom stereocenters. The lowest BCUT2D eigenvalue weighted by Gasteiger charge is -2.33. The number of aryl methyl sites for hydroxylation is 2. The summed E-state index contributed by atoms with van der Waals surface area (Å²) in [7, 11) is 1.87. The van der Waals surface area contributed by atoms with Crippen LogP contribution in [0.4, 0.5) is 5.69 Å². The maximum absolute atomic E-state index is 13.6. The minimum atomic E-state index is -0.907. The zero-order valence-electron chi connectivity index (χ0n) is 16.8. The Hall–Kier alpha value is -3.61. The molecule has 3 aromatic rings. The van der Waals surface area contributed by atoms with E-state index in [4.69, 9.17) is 0 Å². The number of likely N-dealkylation sites (tertiary alicyclic amines) is 1. The van der Waals surface area contributed by atoms with Gasteiger partial charge in [0.2, 0.25) is 5.91 Å². The number of hydrogen-bond acceptors (Lipinski definition) is 4. The van der Waals surface area contributed by atoms with Crippen LogP contribution < -0.4 is 5.32 Å². The fraction of sp³-hybridized carbons (Fsp3) is 0.261. The normalized spacial score (nSPS) is 22.4. The second-order valence-corrected chi connectivity index (χ2v) is 8.02. The fourth-order valence-electron chi connectivity index (χ4n) is 4.90.